The van der Waals surface area contributed by atoms with Gasteiger partial charge in [0.1, 0.15) is 5.76 Å². The third-order valence-corrected chi connectivity index (χ3v) is 3.43. The van der Waals surface area contributed by atoms with Crippen molar-refractivity contribution in [2.24, 2.45) is 0 Å². The van der Waals surface area contributed by atoms with Gasteiger partial charge in [0.2, 0.25) is 0 Å². The van der Waals surface area contributed by atoms with Crippen molar-refractivity contribution in [3.8, 4) is 0 Å². The second-order valence-electron chi connectivity index (χ2n) is 5.05. The van der Waals surface area contributed by atoms with E-state index in [1.54, 1.807) is 30.3 Å². The van der Waals surface area contributed by atoms with Crippen molar-refractivity contribution < 1.29 is 9.21 Å². The van der Waals surface area contributed by atoms with Crippen LogP contribution in [0.2, 0.25) is 0 Å². The van der Waals surface area contributed by atoms with Crippen LogP contribution in [0.5, 0.6) is 0 Å². The Kier molecular flexibility index (Phi) is 3.40. The fourth-order valence-corrected chi connectivity index (χ4v) is 2.27. The summed E-state index contributed by atoms with van der Waals surface area (Å²) in [5.74, 6) is 0.331. The predicted molar refractivity (Wildman–Crippen MR) is 81.7 cm³/mol. The first kappa shape index (κ1) is 13.3. The number of Topliss-reactive ketones (excluding diaryl/α,β-unsaturated/α-hetero) is 1. The van der Waals surface area contributed by atoms with E-state index in [0.717, 1.165) is 10.9 Å². The molecule has 0 aliphatic heterocycles. The van der Waals surface area contributed by atoms with Gasteiger partial charge in [-0.25, -0.2) is 4.79 Å². The Balaban J connectivity index is 1.93. The van der Waals surface area contributed by atoms with Gasteiger partial charge < -0.3 is 4.42 Å². The minimum Gasteiger partial charge on any atom is -0.427 e. The lowest BCUT2D eigenvalue weighted by atomic mass is 10.0. The van der Waals surface area contributed by atoms with Crippen molar-refractivity contribution in [3.05, 3.63) is 81.9 Å². The highest BCUT2D eigenvalue weighted by atomic mass is 16.4. The van der Waals surface area contributed by atoms with Gasteiger partial charge in [-0.05, 0) is 24.4 Å². The van der Waals surface area contributed by atoms with E-state index in [9.17, 15) is 9.59 Å². The minimum absolute atomic E-state index is 0.0616. The number of hydrogen-bond acceptors (Lipinski definition) is 3. The predicted octanol–water partition coefficient (Wildman–Crippen LogP) is 3.53. The Morgan fingerprint density at radius 3 is 2.52 bits per heavy atom. The summed E-state index contributed by atoms with van der Waals surface area (Å²) in [7, 11) is 0. The topological polar surface area (TPSA) is 47.3 Å². The fraction of sp³-hybridized carbons (Fsp3) is 0.111. The Hall–Kier alpha value is -2.68. The number of carbonyl (C=O) groups is 1. The van der Waals surface area contributed by atoms with Gasteiger partial charge in [-0.15, -0.1) is 0 Å². The third kappa shape index (κ3) is 2.77. The van der Waals surface area contributed by atoms with Crippen LogP contribution in [-0.2, 0) is 6.42 Å². The Bertz CT molecular complexity index is 858. The maximum Gasteiger partial charge on any atom is 0.343 e. The third-order valence-electron chi connectivity index (χ3n) is 3.43. The molecular formula is C18H14O3. The molecule has 3 heteroatoms. The summed E-state index contributed by atoms with van der Waals surface area (Å²) >= 11 is 0. The lowest BCUT2D eigenvalue weighted by Crippen LogP contribution is -2.07. The number of carbonyl (C=O) groups excluding carboxylic acids is 1. The van der Waals surface area contributed by atoms with Crippen LogP contribution >= 0.6 is 0 Å². The van der Waals surface area contributed by atoms with E-state index in [4.69, 9.17) is 4.42 Å². The van der Waals surface area contributed by atoms with E-state index < -0.39 is 5.63 Å². The van der Waals surface area contributed by atoms with Crippen LogP contribution in [0.15, 0.2) is 63.8 Å². The monoisotopic (exact) mass is 278 g/mol. The lowest BCUT2D eigenvalue weighted by molar-refractivity contribution is 0.0986. The van der Waals surface area contributed by atoms with Crippen LogP contribution in [0.1, 0.15) is 21.7 Å². The van der Waals surface area contributed by atoms with E-state index in [-0.39, 0.29) is 12.2 Å². The van der Waals surface area contributed by atoms with E-state index in [1.807, 2.05) is 31.2 Å². The average Bonchev–Trinajstić information content (AvgIpc) is 2.48. The molecule has 0 bridgehead atoms. The molecule has 0 atom stereocenters. The SMILES string of the molecule is Cc1ccc(C(=O)Cc2cc3ccccc3c(=O)o2)cc1. The summed E-state index contributed by atoms with van der Waals surface area (Å²) in [6, 6.07) is 16.3. The van der Waals surface area contributed by atoms with Gasteiger partial charge in [-0.3, -0.25) is 4.79 Å². The first-order valence-corrected chi connectivity index (χ1v) is 6.75. The second-order valence-corrected chi connectivity index (χ2v) is 5.05. The van der Waals surface area contributed by atoms with Crippen LogP contribution in [0.4, 0.5) is 0 Å². The van der Waals surface area contributed by atoms with Gasteiger partial charge in [0, 0.05) is 5.56 Å². The molecule has 1 heterocycles. The van der Waals surface area contributed by atoms with Gasteiger partial charge in [0.15, 0.2) is 5.78 Å². The van der Waals surface area contributed by atoms with E-state index in [1.165, 1.54) is 0 Å². The standard InChI is InChI=1S/C18H14O3/c1-12-6-8-13(9-7-12)17(19)11-15-10-14-4-2-3-5-16(14)18(20)21-15/h2-10H,11H2,1H3. The molecule has 0 saturated carbocycles. The van der Waals surface area contributed by atoms with Crippen LogP contribution in [0.3, 0.4) is 0 Å². The molecule has 21 heavy (non-hydrogen) atoms. The van der Waals surface area contributed by atoms with Crippen molar-refractivity contribution >= 4 is 16.6 Å². The summed E-state index contributed by atoms with van der Waals surface area (Å²) < 4.78 is 5.23. The maximum atomic E-state index is 12.2. The molecule has 0 unspecified atom stereocenters. The molecule has 1 aromatic heterocycles. The smallest absolute Gasteiger partial charge is 0.343 e. The minimum atomic E-state index is -0.403. The molecule has 0 saturated heterocycles. The molecule has 0 aliphatic carbocycles. The highest BCUT2D eigenvalue weighted by Crippen LogP contribution is 2.14. The van der Waals surface area contributed by atoms with Crippen molar-refractivity contribution in [2.75, 3.05) is 0 Å². The quantitative estimate of drug-likeness (QED) is 0.689. The zero-order valence-electron chi connectivity index (χ0n) is 11.6. The molecule has 0 N–H and O–H groups in total. The van der Waals surface area contributed by atoms with Crippen molar-refractivity contribution in [1.29, 1.82) is 0 Å². The summed E-state index contributed by atoms with van der Waals surface area (Å²) in [5, 5.41) is 1.32. The zero-order chi connectivity index (χ0) is 14.8. The highest BCUT2D eigenvalue weighted by Gasteiger charge is 2.11. The Morgan fingerprint density at radius 1 is 1.05 bits per heavy atom. The fourth-order valence-electron chi connectivity index (χ4n) is 2.27. The van der Waals surface area contributed by atoms with Crippen molar-refractivity contribution in [3.63, 3.8) is 0 Å². The average molecular weight is 278 g/mol. The molecule has 3 nitrogen and oxygen atoms in total. The number of hydrogen-bond donors (Lipinski definition) is 0. The second kappa shape index (κ2) is 5.37. The van der Waals surface area contributed by atoms with Gasteiger partial charge in [0.05, 0.1) is 11.8 Å². The van der Waals surface area contributed by atoms with E-state index >= 15 is 0 Å². The number of benzene rings is 2. The summed E-state index contributed by atoms with van der Waals surface area (Å²) in [6.07, 6.45) is 0.0864. The summed E-state index contributed by atoms with van der Waals surface area (Å²) in [4.78, 5) is 24.1. The lowest BCUT2D eigenvalue weighted by Gasteiger charge is -2.03. The number of aryl methyl sites for hydroxylation is 1. The normalized spacial score (nSPS) is 10.7. The van der Waals surface area contributed by atoms with E-state index in [2.05, 4.69) is 0 Å². The molecule has 0 spiro atoms. The van der Waals surface area contributed by atoms with Gasteiger partial charge >= 0.3 is 5.63 Å². The molecule has 0 radical (unpaired) electrons. The zero-order valence-corrected chi connectivity index (χ0v) is 11.6. The van der Waals surface area contributed by atoms with Crippen LogP contribution in [0, 0.1) is 6.92 Å². The molecule has 2 aromatic carbocycles. The summed E-state index contributed by atoms with van der Waals surface area (Å²) in [5.41, 5.74) is 1.32. The number of fused-ring (bicyclic) bond motifs is 1. The van der Waals surface area contributed by atoms with Gasteiger partial charge in [-0.2, -0.15) is 0 Å². The summed E-state index contributed by atoms with van der Waals surface area (Å²) in [6.45, 7) is 1.97. The highest BCUT2D eigenvalue weighted by molar-refractivity contribution is 5.97. The van der Waals surface area contributed by atoms with Gasteiger partial charge in [0.25, 0.3) is 0 Å². The van der Waals surface area contributed by atoms with Crippen LogP contribution in [0.25, 0.3) is 10.8 Å². The molecule has 3 aromatic rings. The molecule has 3 rings (SSSR count). The Labute approximate surface area is 121 Å². The molecular weight excluding hydrogens is 264 g/mol. The van der Waals surface area contributed by atoms with Crippen molar-refractivity contribution in [2.45, 2.75) is 13.3 Å². The first-order chi connectivity index (χ1) is 10.1. The van der Waals surface area contributed by atoms with Crippen LogP contribution < -0.4 is 5.63 Å². The molecule has 0 amide bonds. The van der Waals surface area contributed by atoms with Crippen LogP contribution in [-0.4, -0.2) is 5.78 Å². The molecule has 0 fully saturated rings. The van der Waals surface area contributed by atoms with Gasteiger partial charge in [-0.1, -0.05) is 48.0 Å². The van der Waals surface area contributed by atoms with Crippen molar-refractivity contribution in [1.82, 2.24) is 0 Å². The van der Waals surface area contributed by atoms with E-state index in [0.29, 0.717) is 16.7 Å². The molecule has 104 valence electrons. The largest absolute Gasteiger partial charge is 0.427 e. The Morgan fingerprint density at radius 2 is 1.76 bits per heavy atom. The number of ketones is 1. The molecule has 0 aliphatic rings. The maximum absolute atomic E-state index is 12.2. The first-order valence-electron chi connectivity index (χ1n) is 6.75. The number of rotatable bonds is 3.